The number of carbonyl (C=O) groups excluding carboxylic acids is 2. The molecular formula is C15H27N3O2. The quantitative estimate of drug-likeness (QED) is 0.756. The topological polar surface area (TPSA) is 75.4 Å². The van der Waals surface area contributed by atoms with Crippen molar-refractivity contribution >= 4 is 11.8 Å². The van der Waals surface area contributed by atoms with Crippen molar-refractivity contribution in [2.24, 2.45) is 11.7 Å². The van der Waals surface area contributed by atoms with Gasteiger partial charge in [-0.1, -0.05) is 19.3 Å². The number of amides is 2. The minimum atomic E-state index is -0.0700. The van der Waals surface area contributed by atoms with E-state index in [-0.39, 0.29) is 23.8 Å². The van der Waals surface area contributed by atoms with Gasteiger partial charge in [-0.2, -0.15) is 0 Å². The zero-order valence-electron chi connectivity index (χ0n) is 12.3. The van der Waals surface area contributed by atoms with Crippen LogP contribution in [0.5, 0.6) is 0 Å². The number of nitrogens with two attached hydrogens (primary N) is 1. The standard InChI is InChI=1S/C15H27N3O2/c16-13-7-3-1-2-6-12(13)15(20)17-9-8-14(19)18-10-4-5-11-18/h12-13H,1-11,16H2,(H,17,20). The summed E-state index contributed by atoms with van der Waals surface area (Å²) in [5.74, 6) is 0.126. The molecule has 1 saturated heterocycles. The van der Waals surface area contributed by atoms with Crippen molar-refractivity contribution in [2.75, 3.05) is 19.6 Å². The highest BCUT2D eigenvalue weighted by atomic mass is 16.2. The summed E-state index contributed by atoms with van der Waals surface area (Å²) < 4.78 is 0. The van der Waals surface area contributed by atoms with Crippen LogP contribution in [0.15, 0.2) is 0 Å². The SMILES string of the molecule is NC1CCCCCC1C(=O)NCCC(=O)N1CCCC1. The smallest absolute Gasteiger partial charge is 0.224 e. The number of hydrogen-bond acceptors (Lipinski definition) is 3. The van der Waals surface area contributed by atoms with Crippen LogP contribution in [0.4, 0.5) is 0 Å². The van der Waals surface area contributed by atoms with E-state index in [2.05, 4.69) is 5.32 Å². The first kappa shape index (κ1) is 15.3. The van der Waals surface area contributed by atoms with Crippen LogP contribution < -0.4 is 11.1 Å². The molecule has 2 atom stereocenters. The second kappa shape index (κ2) is 7.62. The van der Waals surface area contributed by atoms with Crippen LogP contribution in [0.1, 0.15) is 51.4 Å². The van der Waals surface area contributed by atoms with Crippen molar-refractivity contribution in [3.05, 3.63) is 0 Å². The van der Waals surface area contributed by atoms with Gasteiger partial charge in [0, 0.05) is 32.1 Å². The van der Waals surface area contributed by atoms with Gasteiger partial charge in [0.15, 0.2) is 0 Å². The number of nitrogens with one attached hydrogen (secondary N) is 1. The molecule has 5 nitrogen and oxygen atoms in total. The van der Waals surface area contributed by atoms with Crippen LogP contribution in [0.25, 0.3) is 0 Å². The summed E-state index contributed by atoms with van der Waals surface area (Å²) in [6.07, 6.45) is 7.82. The summed E-state index contributed by atoms with van der Waals surface area (Å²) in [5, 5.41) is 2.90. The van der Waals surface area contributed by atoms with E-state index in [1.807, 2.05) is 4.90 Å². The molecule has 0 aromatic carbocycles. The Morgan fingerprint density at radius 3 is 2.50 bits per heavy atom. The van der Waals surface area contributed by atoms with Crippen molar-refractivity contribution in [3.8, 4) is 0 Å². The van der Waals surface area contributed by atoms with Crippen LogP contribution in [0.3, 0.4) is 0 Å². The molecule has 2 amide bonds. The van der Waals surface area contributed by atoms with Gasteiger partial charge in [-0.25, -0.2) is 0 Å². The maximum absolute atomic E-state index is 12.1. The molecule has 2 aliphatic rings. The zero-order chi connectivity index (χ0) is 14.4. The van der Waals surface area contributed by atoms with E-state index < -0.39 is 0 Å². The van der Waals surface area contributed by atoms with Gasteiger partial charge in [0.2, 0.25) is 11.8 Å². The lowest BCUT2D eigenvalue weighted by Crippen LogP contribution is -2.42. The molecule has 114 valence electrons. The zero-order valence-corrected chi connectivity index (χ0v) is 12.3. The first-order valence-electron chi connectivity index (χ1n) is 7.99. The third-order valence-electron chi connectivity index (χ3n) is 4.50. The Kier molecular flexibility index (Phi) is 5.83. The molecule has 3 N–H and O–H groups in total. The largest absolute Gasteiger partial charge is 0.355 e. The number of rotatable bonds is 4. The highest BCUT2D eigenvalue weighted by molar-refractivity contribution is 5.81. The fourth-order valence-electron chi connectivity index (χ4n) is 3.21. The minimum absolute atomic E-state index is 0.0215. The number of likely N-dealkylation sites (tertiary alicyclic amines) is 1. The Morgan fingerprint density at radius 1 is 1.05 bits per heavy atom. The van der Waals surface area contributed by atoms with Gasteiger partial charge in [0.05, 0.1) is 5.92 Å². The van der Waals surface area contributed by atoms with E-state index in [9.17, 15) is 9.59 Å². The monoisotopic (exact) mass is 281 g/mol. The molecule has 20 heavy (non-hydrogen) atoms. The lowest BCUT2D eigenvalue weighted by Gasteiger charge is -2.21. The van der Waals surface area contributed by atoms with Gasteiger partial charge in [0.25, 0.3) is 0 Å². The van der Waals surface area contributed by atoms with E-state index in [0.29, 0.717) is 13.0 Å². The normalized spacial score (nSPS) is 27.1. The van der Waals surface area contributed by atoms with E-state index in [4.69, 9.17) is 5.73 Å². The Balaban J connectivity index is 1.69. The second-order valence-corrected chi connectivity index (χ2v) is 6.04. The molecular weight excluding hydrogens is 254 g/mol. The van der Waals surface area contributed by atoms with Crippen LogP contribution in [-0.2, 0) is 9.59 Å². The molecule has 0 radical (unpaired) electrons. The van der Waals surface area contributed by atoms with Gasteiger partial charge in [-0.15, -0.1) is 0 Å². The molecule has 0 spiro atoms. The summed E-state index contributed by atoms with van der Waals surface area (Å²) in [5.41, 5.74) is 6.07. The summed E-state index contributed by atoms with van der Waals surface area (Å²) >= 11 is 0. The first-order chi connectivity index (χ1) is 9.68. The predicted molar refractivity (Wildman–Crippen MR) is 78.0 cm³/mol. The molecule has 1 saturated carbocycles. The van der Waals surface area contributed by atoms with E-state index >= 15 is 0 Å². The molecule has 2 fully saturated rings. The number of carbonyl (C=O) groups is 2. The highest BCUT2D eigenvalue weighted by Gasteiger charge is 2.27. The van der Waals surface area contributed by atoms with Crippen molar-refractivity contribution in [1.82, 2.24) is 10.2 Å². The Bertz CT molecular complexity index is 340. The Morgan fingerprint density at radius 2 is 1.75 bits per heavy atom. The molecule has 2 unspecified atom stereocenters. The van der Waals surface area contributed by atoms with Crippen molar-refractivity contribution < 1.29 is 9.59 Å². The fraction of sp³-hybridized carbons (Fsp3) is 0.867. The number of nitrogens with zero attached hydrogens (tertiary/aromatic N) is 1. The Labute approximate surface area is 121 Å². The average molecular weight is 281 g/mol. The highest BCUT2D eigenvalue weighted by Crippen LogP contribution is 2.22. The summed E-state index contributed by atoms with van der Waals surface area (Å²) in [4.78, 5) is 25.9. The second-order valence-electron chi connectivity index (χ2n) is 6.04. The molecule has 2 rings (SSSR count). The molecule has 1 heterocycles. The molecule has 0 bridgehead atoms. The van der Waals surface area contributed by atoms with Gasteiger partial charge < -0.3 is 16.0 Å². The molecule has 0 aromatic heterocycles. The van der Waals surface area contributed by atoms with Crippen molar-refractivity contribution in [2.45, 2.75) is 57.4 Å². The maximum atomic E-state index is 12.1. The maximum Gasteiger partial charge on any atom is 0.224 e. The van der Waals surface area contributed by atoms with Crippen LogP contribution in [0, 0.1) is 5.92 Å². The van der Waals surface area contributed by atoms with Gasteiger partial charge in [-0.05, 0) is 25.7 Å². The molecule has 1 aliphatic heterocycles. The van der Waals surface area contributed by atoms with Crippen LogP contribution >= 0.6 is 0 Å². The van der Waals surface area contributed by atoms with Gasteiger partial charge in [-0.3, -0.25) is 9.59 Å². The molecule has 0 aromatic rings. The van der Waals surface area contributed by atoms with Crippen molar-refractivity contribution in [1.29, 1.82) is 0 Å². The molecule has 5 heteroatoms. The summed E-state index contributed by atoms with van der Waals surface area (Å²) in [6, 6.07) is -0.0215. The third-order valence-corrected chi connectivity index (χ3v) is 4.50. The van der Waals surface area contributed by atoms with Gasteiger partial charge >= 0.3 is 0 Å². The van der Waals surface area contributed by atoms with Crippen molar-refractivity contribution in [3.63, 3.8) is 0 Å². The molecule has 1 aliphatic carbocycles. The van der Waals surface area contributed by atoms with E-state index in [1.54, 1.807) is 0 Å². The summed E-state index contributed by atoms with van der Waals surface area (Å²) in [6.45, 7) is 2.19. The Hall–Kier alpha value is -1.10. The third kappa shape index (κ3) is 4.20. The summed E-state index contributed by atoms with van der Waals surface area (Å²) in [7, 11) is 0. The average Bonchev–Trinajstić information content (AvgIpc) is 2.88. The van der Waals surface area contributed by atoms with Crippen LogP contribution in [-0.4, -0.2) is 42.4 Å². The van der Waals surface area contributed by atoms with E-state index in [0.717, 1.165) is 51.6 Å². The van der Waals surface area contributed by atoms with E-state index in [1.165, 1.54) is 6.42 Å². The lowest BCUT2D eigenvalue weighted by atomic mass is 9.94. The van der Waals surface area contributed by atoms with Gasteiger partial charge in [0.1, 0.15) is 0 Å². The lowest BCUT2D eigenvalue weighted by molar-refractivity contribution is -0.130. The predicted octanol–water partition coefficient (Wildman–Crippen LogP) is 1.02. The fourth-order valence-corrected chi connectivity index (χ4v) is 3.21. The van der Waals surface area contributed by atoms with Crippen LogP contribution in [0.2, 0.25) is 0 Å². The minimum Gasteiger partial charge on any atom is -0.355 e. The first-order valence-corrected chi connectivity index (χ1v) is 7.99. The number of hydrogen-bond donors (Lipinski definition) is 2.